The fourth-order valence-corrected chi connectivity index (χ4v) is 3.94. The molecule has 1 saturated heterocycles. The molecule has 0 atom stereocenters. The van der Waals surface area contributed by atoms with Crippen LogP contribution in [0.4, 0.5) is 10.5 Å². The van der Waals surface area contributed by atoms with Crippen molar-refractivity contribution in [3.63, 3.8) is 0 Å². The van der Waals surface area contributed by atoms with Crippen LogP contribution in [-0.2, 0) is 16.2 Å². The molecule has 3 aromatic rings. The van der Waals surface area contributed by atoms with Crippen LogP contribution in [0.1, 0.15) is 11.1 Å². The standard InChI is InChI=1S/C26H20Cl2N2O6/c1-34-19-8-6-18(7-9-19)30-25(32)20(24(31)29-26(30)33)11-15-3-10-22(23(12-15)35-2)36-14-16-4-5-17(27)13-21(16)28/h3-13H,14H2,1-2H3,(H,29,31,33). The monoisotopic (exact) mass is 526 g/mol. The van der Waals surface area contributed by atoms with Crippen LogP contribution >= 0.6 is 23.2 Å². The number of rotatable bonds is 7. The maximum atomic E-state index is 13.1. The summed E-state index contributed by atoms with van der Waals surface area (Å²) in [5, 5.41) is 3.19. The van der Waals surface area contributed by atoms with Crippen LogP contribution in [-0.4, -0.2) is 32.1 Å². The highest BCUT2D eigenvalue weighted by Gasteiger charge is 2.36. The van der Waals surface area contributed by atoms with Crippen LogP contribution in [0, 0.1) is 0 Å². The molecule has 0 unspecified atom stereocenters. The van der Waals surface area contributed by atoms with Crippen LogP contribution in [0.25, 0.3) is 6.08 Å². The molecule has 1 aliphatic rings. The van der Waals surface area contributed by atoms with Crippen LogP contribution < -0.4 is 24.4 Å². The van der Waals surface area contributed by atoms with Crippen molar-refractivity contribution < 1.29 is 28.6 Å². The number of nitrogens with one attached hydrogen (secondary N) is 1. The van der Waals surface area contributed by atoms with E-state index in [2.05, 4.69) is 5.32 Å². The van der Waals surface area contributed by atoms with E-state index in [0.29, 0.717) is 38.5 Å². The van der Waals surface area contributed by atoms with Crippen molar-refractivity contribution in [1.29, 1.82) is 0 Å². The number of hydrogen-bond donors (Lipinski definition) is 1. The number of nitrogens with zero attached hydrogens (tertiary/aromatic N) is 1. The van der Waals surface area contributed by atoms with Gasteiger partial charge >= 0.3 is 6.03 Å². The van der Waals surface area contributed by atoms with E-state index >= 15 is 0 Å². The van der Waals surface area contributed by atoms with E-state index in [1.54, 1.807) is 60.7 Å². The predicted molar refractivity (Wildman–Crippen MR) is 136 cm³/mol. The number of imide groups is 2. The van der Waals surface area contributed by atoms with Gasteiger partial charge in [-0.25, -0.2) is 9.69 Å². The Morgan fingerprint density at radius 3 is 2.31 bits per heavy atom. The first-order valence-electron chi connectivity index (χ1n) is 10.6. The third kappa shape index (κ3) is 5.30. The molecule has 1 aliphatic heterocycles. The SMILES string of the molecule is COc1ccc(N2C(=O)NC(=O)C(=Cc3ccc(OCc4ccc(Cl)cc4Cl)c(OC)c3)C2=O)cc1. The van der Waals surface area contributed by atoms with Crippen molar-refractivity contribution in [2.24, 2.45) is 0 Å². The lowest BCUT2D eigenvalue weighted by Crippen LogP contribution is -2.54. The second-order valence-electron chi connectivity index (χ2n) is 7.59. The van der Waals surface area contributed by atoms with Gasteiger partial charge < -0.3 is 14.2 Å². The summed E-state index contributed by atoms with van der Waals surface area (Å²) in [6.45, 7) is 0.173. The van der Waals surface area contributed by atoms with E-state index in [9.17, 15) is 14.4 Å². The van der Waals surface area contributed by atoms with Crippen molar-refractivity contribution >= 4 is 52.8 Å². The van der Waals surface area contributed by atoms with E-state index in [0.717, 1.165) is 10.5 Å². The van der Waals surface area contributed by atoms with E-state index < -0.39 is 17.8 Å². The first-order chi connectivity index (χ1) is 17.3. The molecule has 0 radical (unpaired) electrons. The van der Waals surface area contributed by atoms with Crippen molar-refractivity contribution in [3.8, 4) is 17.2 Å². The quantitative estimate of drug-likeness (QED) is 0.333. The molecule has 36 heavy (non-hydrogen) atoms. The van der Waals surface area contributed by atoms with Crippen LogP contribution in [0.2, 0.25) is 10.0 Å². The Labute approximate surface area is 217 Å². The number of urea groups is 1. The molecule has 1 fully saturated rings. The topological polar surface area (TPSA) is 94.2 Å². The lowest BCUT2D eigenvalue weighted by Gasteiger charge is -2.26. The molecule has 1 N–H and O–H groups in total. The van der Waals surface area contributed by atoms with E-state index in [1.807, 2.05) is 0 Å². The van der Waals surface area contributed by atoms with E-state index in [1.165, 1.54) is 20.3 Å². The molecule has 3 aromatic carbocycles. The Morgan fingerprint density at radius 2 is 1.64 bits per heavy atom. The number of methoxy groups -OCH3 is 2. The average Bonchev–Trinajstić information content (AvgIpc) is 2.86. The molecule has 0 spiro atoms. The molecule has 0 aromatic heterocycles. The van der Waals surface area contributed by atoms with Gasteiger partial charge in [0.05, 0.1) is 19.9 Å². The first kappa shape index (κ1) is 25.1. The van der Waals surface area contributed by atoms with Crippen LogP contribution in [0.3, 0.4) is 0 Å². The minimum Gasteiger partial charge on any atom is -0.497 e. The van der Waals surface area contributed by atoms with Gasteiger partial charge in [0.15, 0.2) is 11.5 Å². The third-order valence-corrected chi connectivity index (χ3v) is 5.92. The zero-order valence-corrected chi connectivity index (χ0v) is 20.7. The molecule has 4 rings (SSSR count). The summed E-state index contributed by atoms with van der Waals surface area (Å²) in [7, 11) is 2.97. The van der Waals surface area contributed by atoms with Gasteiger partial charge in [-0.1, -0.05) is 35.3 Å². The molecule has 10 heteroatoms. The predicted octanol–water partition coefficient (Wildman–Crippen LogP) is 5.26. The number of benzene rings is 3. The number of carbonyl (C=O) groups is 3. The van der Waals surface area contributed by atoms with Crippen LogP contribution in [0.15, 0.2) is 66.2 Å². The first-order valence-corrected chi connectivity index (χ1v) is 11.4. The Bertz CT molecular complexity index is 1370. The summed E-state index contributed by atoms with van der Waals surface area (Å²) >= 11 is 12.1. The maximum absolute atomic E-state index is 13.1. The fraction of sp³-hybridized carbons (Fsp3) is 0.115. The van der Waals surface area contributed by atoms with Gasteiger partial charge in [0, 0.05) is 15.6 Å². The molecule has 0 saturated carbocycles. The minimum atomic E-state index is -0.838. The van der Waals surface area contributed by atoms with Crippen molar-refractivity contribution in [1.82, 2.24) is 5.32 Å². The summed E-state index contributed by atoms with van der Waals surface area (Å²) < 4.78 is 16.4. The number of amides is 4. The molecule has 0 bridgehead atoms. The zero-order chi connectivity index (χ0) is 25.8. The second-order valence-corrected chi connectivity index (χ2v) is 8.43. The molecule has 8 nitrogen and oxygen atoms in total. The van der Waals surface area contributed by atoms with Gasteiger partial charge in [0.2, 0.25) is 0 Å². The molecule has 1 heterocycles. The largest absolute Gasteiger partial charge is 0.497 e. The summed E-state index contributed by atoms with van der Waals surface area (Å²) in [4.78, 5) is 38.9. The number of ether oxygens (including phenoxy) is 3. The Kier molecular flexibility index (Phi) is 7.47. The average molecular weight is 527 g/mol. The maximum Gasteiger partial charge on any atom is 0.335 e. The van der Waals surface area contributed by atoms with Gasteiger partial charge in [0.1, 0.15) is 17.9 Å². The number of anilines is 1. The van der Waals surface area contributed by atoms with Gasteiger partial charge in [-0.2, -0.15) is 0 Å². The smallest absolute Gasteiger partial charge is 0.335 e. The number of carbonyl (C=O) groups excluding carboxylic acids is 3. The highest BCUT2D eigenvalue weighted by atomic mass is 35.5. The summed E-state index contributed by atoms with van der Waals surface area (Å²) in [5.41, 5.74) is 1.31. The summed E-state index contributed by atoms with van der Waals surface area (Å²) in [6, 6.07) is 15.5. The highest BCUT2D eigenvalue weighted by Crippen LogP contribution is 2.32. The Morgan fingerprint density at radius 1 is 0.889 bits per heavy atom. The van der Waals surface area contributed by atoms with Gasteiger partial charge in [-0.15, -0.1) is 0 Å². The lowest BCUT2D eigenvalue weighted by molar-refractivity contribution is -0.122. The number of hydrogen-bond acceptors (Lipinski definition) is 6. The van der Waals surface area contributed by atoms with Crippen molar-refractivity contribution in [3.05, 3.63) is 87.4 Å². The van der Waals surface area contributed by atoms with Crippen LogP contribution in [0.5, 0.6) is 17.2 Å². The molecule has 4 amide bonds. The van der Waals surface area contributed by atoms with Crippen molar-refractivity contribution in [2.45, 2.75) is 6.61 Å². The lowest BCUT2D eigenvalue weighted by atomic mass is 10.1. The molecule has 0 aliphatic carbocycles. The summed E-state index contributed by atoms with van der Waals surface area (Å²) in [5.74, 6) is -0.193. The second kappa shape index (κ2) is 10.7. The minimum absolute atomic E-state index is 0.173. The molecule has 184 valence electrons. The molecular formula is C26H20Cl2N2O6. The van der Waals surface area contributed by atoms with Crippen molar-refractivity contribution in [2.75, 3.05) is 19.1 Å². The normalized spacial score (nSPS) is 14.6. The molecular weight excluding hydrogens is 507 g/mol. The van der Waals surface area contributed by atoms with E-state index in [-0.39, 0.29) is 12.2 Å². The third-order valence-electron chi connectivity index (χ3n) is 5.33. The zero-order valence-electron chi connectivity index (χ0n) is 19.2. The van der Waals surface area contributed by atoms with Gasteiger partial charge in [0.25, 0.3) is 11.8 Å². The Balaban J connectivity index is 1.58. The highest BCUT2D eigenvalue weighted by molar-refractivity contribution is 6.39. The van der Waals surface area contributed by atoms with E-state index in [4.69, 9.17) is 37.4 Å². The fourth-order valence-electron chi connectivity index (χ4n) is 3.48. The van der Waals surface area contributed by atoms with Gasteiger partial charge in [-0.05, 0) is 60.2 Å². The number of barbiturate groups is 1. The number of halogens is 2. The Hall–Kier alpha value is -4.01. The summed E-state index contributed by atoms with van der Waals surface area (Å²) in [6.07, 6.45) is 1.38. The van der Waals surface area contributed by atoms with Gasteiger partial charge in [-0.3, -0.25) is 14.9 Å².